The Kier molecular flexibility index (Phi) is 13.0. The average Bonchev–Trinajstić information content (AvgIpc) is 2.82. The van der Waals surface area contributed by atoms with Crippen LogP contribution in [-0.2, 0) is 11.2 Å². The Morgan fingerprint density at radius 3 is 2.09 bits per heavy atom. The van der Waals surface area contributed by atoms with Crippen LogP contribution in [0.5, 0.6) is 5.75 Å². The lowest BCUT2D eigenvalue weighted by molar-refractivity contribution is 0.0450. The van der Waals surface area contributed by atoms with Gasteiger partial charge in [-0.25, -0.2) is 4.79 Å². The normalized spacial score (nSPS) is 10.7. The van der Waals surface area contributed by atoms with Gasteiger partial charge in [0, 0.05) is 12.2 Å². The molecule has 0 unspecified atom stereocenters. The third-order valence-corrected chi connectivity index (χ3v) is 5.56. The van der Waals surface area contributed by atoms with E-state index in [0.717, 1.165) is 37.2 Å². The minimum atomic E-state index is -0.321. The van der Waals surface area contributed by atoms with Crippen molar-refractivity contribution in [3.8, 4) is 5.75 Å². The number of ether oxygens (including phenoxy) is 2. The van der Waals surface area contributed by atoms with Crippen LogP contribution in [0.4, 0.5) is 5.69 Å². The minimum Gasteiger partial charge on any atom is -0.490 e. The number of benzene rings is 2. The molecule has 0 fully saturated rings. The number of anilines is 1. The van der Waals surface area contributed by atoms with E-state index in [1.54, 1.807) is 12.1 Å². The maximum atomic E-state index is 12.2. The Morgan fingerprint density at radius 1 is 0.750 bits per heavy atom. The number of carbonyl (C=O) groups is 1. The summed E-state index contributed by atoms with van der Waals surface area (Å²) in [5, 5.41) is 3.34. The molecule has 2 aromatic rings. The maximum Gasteiger partial charge on any atom is 0.338 e. The van der Waals surface area contributed by atoms with Crippen LogP contribution >= 0.6 is 0 Å². The molecule has 0 aromatic heterocycles. The summed E-state index contributed by atoms with van der Waals surface area (Å²) in [6.07, 6.45) is 12.7. The Hall–Kier alpha value is -2.49. The van der Waals surface area contributed by atoms with Gasteiger partial charge in [-0.3, -0.25) is 0 Å². The molecule has 176 valence electrons. The molecule has 0 saturated heterocycles. The van der Waals surface area contributed by atoms with Crippen LogP contribution in [-0.4, -0.2) is 25.7 Å². The van der Waals surface area contributed by atoms with Gasteiger partial charge in [0.1, 0.15) is 19.0 Å². The second-order valence-corrected chi connectivity index (χ2v) is 8.36. The van der Waals surface area contributed by atoms with Crippen LogP contribution < -0.4 is 10.1 Å². The van der Waals surface area contributed by atoms with E-state index in [1.807, 2.05) is 24.3 Å². The SMILES string of the molecule is CCCCCCCCCc1ccc(OCCOC(=O)c2ccc(NCCCC)cc2)cc1. The van der Waals surface area contributed by atoms with Gasteiger partial charge < -0.3 is 14.8 Å². The molecule has 1 N–H and O–H groups in total. The van der Waals surface area contributed by atoms with E-state index in [4.69, 9.17) is 9.47 Å². The van der Waals surface area contributed by atoms with E-state index in [9.17, 15) is 4.79 Å². The second-order valence-electron chi connectivity index (χ2n) is 8.36. The molecule has 0 aliphatic heterocycles. The highest BCUT2D eigenvalue weighted by Gasteiger charge is 2.07. The fourth-order valence-corrected chi connectivity index (χ4v) is 3.55. The molecule has 0 aliphatic carbocycles. The van der Waals surface area contributed by atoms with Gasteiger partial charge >= 0.3 is 5.97 Å². The van der Waals surface area contributed by atoms with Crippen LogP contribution in [0.1, 0.15) is 87.6 Å². The highest BCUT2D eigenvalue weighted by atomic mass is 16.6. The van der Waals surface area contributed by atoms with Crippen LogP contribution in [0.25, 0.3) is 0 Å². The van der Waals surface area contributed by atoms with Gasteiger partial charge in [0.25, 0.3) is 0 Å². The number of rotatable bonds is 17. The van der Waals surface area contributed by atoms with Gasteiger partial charge in [-0.1, -0.05) is 70.9 Å². The standard InChI is InChI=1S/C28H41NO3/c1-3-5-7-8-9-10-11-12-24-13-19-27(20-14-24)31-22-23-32-28(30)25-15-17-26(18-16-25)29-21-6-4-2/h13-20,29H,3-12,21-23H2,1-2H3. The lowest BCUT2D eigenvalue weighted by Crippen LogP contribution is -2.12. The number of hydrogen-bond acceptors (Lipinski definition) is 4. The zero-order chi connectivity index (χ0) is 22.9. The second kappa shape index (κ2) is 16.2. The molecule has 0 spiro atoms. The summed E-state index contributed by atoms with van der Waals surface area (Å²) in [7, 11) is 0. The van der Waals surface area contributed by atoms with Gasteiger partial charge in [-0.2, -0.15) is 0 Å². The number of carbonyl (C=O) groups excluding carboxylic acids is 1. The van der Waals surface area contributed by atoms with E-state index >= 15 is 0 Å². The van der Waals surface area contributed by atoms with Crippen LogP contribution in [0.2, 0.25) is 0 Å². The van der Waals surface area contributed by atoms with Gasteiger partial charge in [-0.15, -0.1) is 0 Å². The minimum absolute atomic E-state index is 0.231. The molecular formula is C28H41NO3. The molecular weight excluding hydrogens is 398 g/mol. The molecule has 0 heterocycles. The lowest BCUT2D eigenvalue weighted by atomic mass is 10.0. The van der Waals surface area contributed by atoms with Crippen molar-refractivity contribution in [3.05, 3.63) is 59.7 Å². The highest BCUT2D eigenvalue weighted by Crippen LogP contribution is 2.16. The number of esters is 1. The zero-order valence-corrected chi connectivity index (χ0v) is 20.0. The van der Waals surface area contributed by atoms with Crippen LogP contribution in [0, 0.1) is 0 Å². The van der Waals surface area contributed by atoms with Gasteiger partial charge in [-0.05, 0) is 61.2 Å². The van der Waals surface area contributed by atoms with Crippen molar-refractivity contribution in [1.82, 2.24) is 0 Å². The van der Waals surface area contributed by atoms with Crippen molar-refractivity contribution in [2.75, 3.05) is 25.1 Å². The number of hydrogen-bond donors (Lipinski definition) is 1. The van der Waals surface area contributed by atoms with Crippen molar-refractivity contribution in [3.63, 3.8) is 0 Å². The molecule has 4 nitrogen and oxygen atoms in total. The summed E-state index contributed by atoms with van der Waals surface area (Å²) < 4.78 is 11.0. The summed E-state index contributed by atoms with van der Waals surface area (Å²) in [6, 6.07) is 15.7. The van der Waals surface area contributed by atoms with Crippen LogP contribution in [0.3, 0.4) is 0 Å². The molecule has 0 bridgehead atoms. The van der Waals surface area contributed by atoms with Crippen molar-refractivity contribution in [2.45, 2.75) is 78.1 Å². The first-order valence-electron chi connectivity index (χ1n) is 12.5. The summed E-state index contributed by atoms with van der Waals surface area (Å²) in [6.45, 7) is 5.94. The fraction of sp³-hybridized carbons (Fsp3) is 0.536. The van der Waals surface area contributed by atoms with Crippen molar-refractivity contribution in [2.24, 2.45) is 0 Å². The lowest BCUT2D eigenvalue weighted by Gasteiger charge is -2.09. The molecule has 0 radical (unpaired) electrons. The van der Waals surface area contributed by atoms with Crippen LogP contribution in [0.15, 0.2) is 48.5 Å². The Morgan fingerprint density at radius 2 is 1.41 bits per heavy atom. The first kappa shape index (κ1) is 25.8. The zero-order valence-electron chi connectivity index (χ0n) is 20.0. The topological polar surface area (TPSA) is 47.6 Å². The Labute approximate surface area is 194 Å². The van der Waals surface area contributed by atoms with Gasteiger partial charge in [0.15, 0.2) is 0 Å². The van der Waals surface area contributed by atoms with Crippen molar-refractivity contribution < 1.29 is 14.3 Å². The maximum absolute atomic E-state index is 12.2. The molecule has 0 amide bonds. The molecule has 2 aromatic carbocycles. The molecule has 0 saturated carbocycles. The molecule has 4 heteroatoms. The molecule has 0 atom stereocenters. The smallest absolute Gasteiger partial charge is 0.338 e. The largest absolute Gasteiger partial charge is 0.490 e. The average molecular weight is 440 g/mol. The Bertz CT molecular complexity index is 740. The van der Waals surface area contributed by atoms with Crippen molar-refractivity contribution >= 4 is 11.7 Å². The number of nitrogens with one attached hydrogen (secondary N) is 1. The fourth-order valence-electron chi connectivity index (χ4n) is 3.55. The van der Waals surface area contributed by atoms with E-state index < -0.39 is 0 Å². The third kappa shape index (κ3) is 10.7. The van der Waals surface area contributed by atoms with Gasteiger partial charge in [0.2, 0.25) is 0 Å². The Balaban J connectivity index is 1.58. The monoisotopic (exact) mass is 439 g/mol. The summed E-state index contributed by atoms with van der Waals surface area (Å²) in [5.74, 6) is 0.491. The quantitative estimate of drug-likeness (QED) is 0.206. The first-order chi connectivity index (χ1) is 15.7. The summed E-state index contributed by atoms with van der Waals surface area (Å²) in [4.78, 5) is 12.2. The first-order valence-corrected chi connectivity index (χ1v) is 12.5. The van der Waals surface area contributed by atoms with Gasteiger partial charge in [0.05, 0.1) is 5.56 Å². The van der Waals surface area contributed by atoms with Crippen molar-refractivity contribution in [1.29, 1.82) is 0 Å². The number of unbranched alkanes of at least 4 members (excludes halogenated alkanes) is 7. The summed E-state index contributed by atoms with van der Waals surface area (Å²) in [5.41, 5.74) is 2.93. The molecule has 32 heavy (non-hydrogen) atoms. The summed E-state index contributed by atoms with van der Waals surface area (Å²) >= 11 is 0. The molecule has 2 rings (SSSR count). The highest BCUT2D eigenvalue weighted by molar-refractivity contribution is 5.89. The van der Waals surface area contributed by atoms with E-state index in [0.29, 0.717) is 12.2 Å². The molecule has 0 aliphatic rings. The van der Waals surface area contributed by atoms with E-state index in [2.05, 4.69) is 31.3 Å². The predicted molar refractivity (Wildman–Crippen MR) is 134 cm³/mol. The van der Waals surface area contributed by atoms with E-state index in [1.165, 1.54) is 50.5 Å². The van der Waals surface area contributed by atoms with E-state index in [-0.39, 0.29) is 12.6 Å². The predicted octanol–water partition coefficient (Wildman–Crippen LogP) is 7.43. The number of aryl methyl sites for hydroxylation is 1. The third-order valence-electron chi connectivity index (χ3n) is 5.56.